The second-order valence-corrected chi connectivity index (χ2v) is 3.40. The fourth-order valence-corrected chi connectivity index (χ4v) is 1.35. The molecule has 5 nitrogen and oxygen atoms in total. The molecule has 2 aromatic rings. The third-order valence-corrected chi connectivity index (χ3v) is 2.20. The van der Waals surface area contributed by atoms with Crippen LogP contribution in [0.4, 0.5) is 6.01 Å². The number of rotatable bonds is 3. The number of methoxy groups -OCH3 is 1. The van der Waals surface area contributed by atoms with Crippen LogP contribution in [0.5, 0.6) is 0 Å². The minimum Gasteiger partial charge on any atom is -0.468 e. The van der Waals surface area contributed by atoms with Gasteiger partial charge in [-0.2, -0.15) is 4.98 Å². The van der Waals surface area contributed by atoms with Crippen molar-refractivity contribution in [1.29, 1.82) is 0 Å². The predicted octanol–water partition coefficient (Wildman–Crippen LogP) is 1.44. The minimum atomic E-state index is -0.329. The first-order chi connectivity index (χ1) is 7.70. The molecular weight excluding hydrogens is 208 g/mol. The molecule has 0 saturated heterocycles. The molecule has 0 spiro atoms. The highest BCUT2D eigenvalue weighted by molar-refractivity contribution is 5.77. The first-order valence-electron chi connectivity index (χ1n) is 4.84. The van der Waals surface area contributed by atoms with E-state index in [2.05, 4.69) is 9.72 Å². The van der Waals surface area contributed by atoms with Gasteiger partial charge in [0.15, 0.2) is 5.58 Å². The van der Waals surface area contributed by atoms with Gasteiger partial charge in [-0.1, -0.05) is 12.1 Å². The van der Waals surface area contributed by atoms with Gasteiger partial charge in [0, 0.05) is 7.05 Å². The van der Waals surface area contributed by atoms with Crippen molar-refractivity contribution in [2.75, 3.05) is 25.6 Å². The Balaban J connectivity index is 2.23. The molecule has 5 heteroatoms. The van der Waals surface area contributed by atoms with Crippen molar-refractivity contribution in [3.05, 3.63) is 24.3 Å². The summed E-state index contributed by atoms with van der Waals surface area (Å²) < 4.78 is 10.0. The maximum Gasteiger partial charge on any atom is 0.325 e. The molecule has 0 radical (unpaired) electrons. The minimum absolute atomic E-state index is 0.114. The van der Waals surface area contributed by atoms with Crippen molar-refractivity contribution >= 4 is 23.1 Å². The molecule has 0 amide bonds. The molecule has 0 fully saturated rings. The number of anilines is 1. The van der Waals surface area contributed by atoms with E-state index in [-0.39, 0.29) is 12.5 Å². The number of para-hydroxylation sites is 2. The summed E-state index contributed by atoms with van der Waals surface area (Å²) in [5.74, 6) is -0.329. The molecule has 0 unspecified atom stereocenters. The number of aromatic nitrogens is 1. The van der Waals surface area contributed by atoms with E-state index in [1.807, 2.05) is 24.3 Å². The monoisotopic (exact) mass is 220 g/mol. The second-order valence-electron chi connectivity index (χ2n) is 3.40. The quantitative estimate of drug-likeness (QED) is 0.732. The Morgan fingerprint density at radius 1 is 1.50 bits per heavy atom. The summed E-state index contributed by atoms with van der Waals surface area (Å²) >= 11 is 0. The molecule has 0 aliphatic carbocycles. The van der Waals surface area contributed by atoms with Crippen LogP contribution in [-0.2, 0) is 9.53 Å². The topological polar surface area (TPSA) is 55.6 Å². The van der Waals surface area contributed by atoms with Crippen molar-refractivity contribution in [1.82, 2.24) is 4.98 Å². The van der Waals surface area contributed by atoms with Crippen molar-refractivity contribution < 1.29 is 13.9 Å². The highest BCUT2D eigenvalue weighted by atomic mass is 16.5. The number of oxazole rings is 1. The molecule has 0 bridgehead atoms. The lowest BCUT2D eigenvalue weighted by Gasteiger charge is -2.11. The van der Waals surface area contributed by atoms with Crippen LogP contribution in [0.1, 0.15) is 0 Å². The van der Waals surface area contributed by atoms with Crippen LogP contribution >= 0.6 is 0 Å². The molecule has 0 aliphatic rings. The SMILES string of the molecule is COC(=O)CN(C)c1nc2ccccc2o1. The van der Waals surface area contributed by atoms with Gasteiger partial charge >= 0.3 is 5.97 Å². The van der Waals surface area contributed by atoms with Gasteiger partial charge in [0.05, 0.1) is 7.11 Å². The van der Waals surface area contributed by atoms with Gasteiger partial charge in [0.2, 0.25) is 0 Å². The van der Waals surface area contributed by atoms with E-state index in [4.69, 9.17) is 4.42 Å². The van der Waals surface area contributed by atoms with Crippen molar-refractivity contribution in [2.45, 2.75) is 0 Å². The average molecular weight is 220 g/mol. The Morgan fingerprint density at radius 3 is 2.94 bits per heavy atom. The van der Waals surface area contributed by atoms with Gasteiger partial charge in [-0.25, -0.2) is 0 Å². The Kier molecular flexibility index (Phi) is 2.76. The Bertz CT molecular complexity index is 474. The number of ether oxygens (including phenoxy) is 1. The molecular formula is C11H12N2O3. The first-order valence-corrected chi connectivity index (χ1v) is 4.84. The Hall–Kier alpha value is -2.04. The summed E-state index contributed by atoms with van der Waals surface area (Å²) in [6.45, 7) is 0.114. The van der Waals surface area contributed by atoms with Crippen LogP contribution in [0.3, 0.4) is 0 Å². The summed E-state index contributed by atoms with van der Waals surface area (Å²) in [5.41, 5.74) is 1.48. The third-order valence-electron chi connectivity index (χ3n) is 2.20. The van der Waals surface area contributed by atoms with Crippen molar-refractivity contribution in [2.24, 2.45) is 0 Å². The molecule has 1 aromatic carbocycles. The van der Waals surface area contributed by atoms with Gasteiger partial charge in [-0.15, -0.1) is 0 Å². The summed E-state index contributed by atoms with van der Waals surface area (Å²) in [6, 6.07) is 7.85. The van der Waals surface area contributed by atoms with Crippen LogP contribution in [-0.4, -0.2) is 31.7 Å². The zero-order valence-electron chi connectivity index (χ0n) is 9.14. The highest BCUT2D eigenvalue weighted by Gasteiger charge is 2.13. The normalized spacial score (nSPS) is 10.4. The van der Waals surface area contributed by atoms with Crippen LogP contribution in [0.2, 0.25) is 0 Å². The molecule has 84 valence electrons. The molecule has 1 heterocycles. The zero-order valence-corrected chi connectivity index (χ0v) is 9.14. The lowest BCUT2D eigenvalue weighted by molar-refractivity contribution is -0.138. The number of esters is 1. The first kappa shape index (κ1) is 10.5. The van der Waals surface area contributed by atoms with E-state index < -0.39 is 0 Å². The zero-order chi connectivity index (χ0) is 11.5. The Labute approximate surface area is 92.6 Å². The number of likely N-dealkylation sites (N-methyl/N-ethyl adjacent to an activating group) is 1. The molecule has 0 saturated carbocycles. The second kappa shape index (κ2) is 4.22. The maximum atomic E-state index is 11.1. The summed E-state index contributed by atoms with van der Waals surface area (Å²) in [7, 11) is 3.07. The molecule has 0 N–H and O–H groups in total. The number of hydrogen-bond acceptors (Lipinski definition) is 5. The van der Waals surface area contributed by atoms with Gasteiger partial charge in [0.25, 0.3) is 6.01 Å². The van der Waals surface area contributed by atoms with Crippen LogP contribution in [0, 0.1) is 0 Å². The predicted molar refractivity (Wildman–Crippen MR) is 59.3 cm³/mol. The standard InChI is InChI=1S/C11H12N2O3/c1-13(7-10(14)15-2)11-12-8-5-3-4-6-9(8)16-11/h3-6H,7H2,1-2H3. The van der Waals surface area contributed by atoms with Crippen molar-refractivity contribution in [3.8, 4) is 0 Å². The largest absolute Gasteiger partial charge is 0.468 e. The van der Waals surface area contributed by atoms with Gasteiger partial charge < -0.3 is 14.1 Å². The molecule has 1 aromatic heterocycles. The number of carbonyl (C=O) groups is 1. The van der Waals surface area contributed by atoms with Crippen LogP contribution in [0.25, 0.3) is 11.1 Å². The number of hydrogen-bond donors (Lipinski definition) is 0. The number of fused-ring (bicyclic) bond motifs is 1. The van der Waals surface area contributed by atoms with Gasteiger partial charge in [0.1, 0.15) is 12.1 Å². The summed E-state index contributed by atoms with van der Waals surface area (Å²) in [5, 5.41) is 0. The summed E-state index contributed by atoms with van der Waals surface area (Å²) in [4.78, 5) is 16.9. The number of nitrogens with zero attached hydrogens (tertiary/aromatic N) is 2. The van der Waals surface area contributed by atoms with Gasteiger partial charge in [-0.05, 0) is 12.1 Å². The lowest BCUT2D eigenvalue weighted by atomic mass is 10.3. The fourth-order valence-electron chi connectivity index (χ4n) is 1.35. The lowest BCUT2D eigenvalue weighted by Crippen LogP contribution is -2.26. The maximum absolute atomic E-state index is 11.1. The van der Waals surface area contributed by atoms with E-state index in [0.29, 0.717) is 11.6 Å². The molecule has 16 heavy (non-hydrogen) atoms. The van der Waals surface area contributed by atoms with Crippen LogP contribution < -0.4 is 4.90 Å². The van der Waals surface area contributed by atoms with E-state index in [1.165, 1.54) is 7.11 Å². The van der Waals surface area contributed by atoms with Crippen LogP contribution in [0.15, 0.2) is 28.7 Å². The molecule has 2 rings (SSSR count). The Morgan fingerprint density at radius 2 is 2.25 bits per heavy atom. The molecule has 0 atom stereocenters. The smallest absolute Gasteiger partial charge is 0.325 e. The van der Waals surface area contributed by atoms with Crippen molar-refractivity contribution in [3.63, 3.8) is 0 Å². The molecule has 0 aliphatic heterocycles. The van der Waals surface area contributed by atoms with E-state index in [1.54, 1.807) is 11.9 Å². The fraction of sp³-hybridized carbons (Fsp3) is 0.273. The number of benzene rings is 1. The van der Waals surface area contributed by atoms with Gasteiger partial charge in [-0.3, -0.25) is 4.79 Å². The van der Waals surface area contributed by atoms with E-state index >= 15 is 0 Å². The van der Waals surface area contributed by atoms with E-state index in [9.17, 15) is 4.79 Å². The average Bonchev–Trinajstić information content (AvgIpc) is 2.72. The highest BCUT2D eigenvalue weighted by Crippen LogP contribution is 2.20. The third kappa shape index (κ3) is 1.98. The summed E-state index contributed by atoms with van der Waals surface area (Å²) in [6.07, 6.45) is 0. The van der Waals surface area contributed by atoms with E-state index in [0.717, 1.165) is 5.52 Å². The number of carbonyl (C=O) groups excluding carboxylic acids is 1.